The van der Waals surface area contributed by atoms with E-state index in [0.717, 1.165) is 24.0 Å². The molecule has 0 aromatic heterocycles. The molecule has 2 unspecified atom stereocenters. The molecule has 0 aliphatic rings. The van der Waals surface area contributed by atoms with Crippen molar-refractivity contribution in [1.82, 2.24) is 4.90 Å². The van der Waals surface area contributed by atoms with Crippen molar-refractivity contribution < 1.29 is 0 Å². The van der Waals surface area contributed by atoms with Gasteiger partial charge in [0, 0.05) is 10.5 Å². The van der Waals surface area contributed by atoms with Crippen LogP contribution in [0.3, 0.4) is 0 Å². The smallest absolute Gasteiger partial charge is 0.0509 e. The summed E-state index contributed by atoms with van der Waals surface area (Å²) in [6, 6.07) is 8.86. The molecule has 2 atom stereocenters. The van der Waals surface area contributed by atoms with E-state index >= 15 is 0 Å². The molecule has 0 aliphatic carbocycles. The van der Waals surface area contributed by atoms with Gasteiger partial charge in [-0.05, 0) is 31.1 Å². The zero-order valence-electron chi connectivity index (χ0n) is 11.0. The van der Waals surface area contributed by atoms with Gasteiger partial charge in [0.15, 0.2) is 0 Å². The highest BCUT2D eigenvalue weighted by Gasteiger charge is 2.25. The number of hydrogen-bond donors (Lipinski definition) is 1. The number of likely N-dealkylation sites (N-methyl/N-ethyl adjacent to an activating group) is 1. The lowest BCUT2D eigenvalue weighted by Crippen LogP contribution is -2.40. The molecule has 0 saturated carbocycles. The van der Waals surface area contributed by atoms with Crippen molar-refractivity contribution in [3.63, 3.8) is 0 Å². The van der Waals surface area contributed by atoms with Crippen LogP contribution in [0.5, 0.6) is 0 Å². The number of nitrogens with two attached hydrogens (primary N) is 1. The second-order valence-corrected chi connectivity index (χ2v) is 5.11. The predicted molar refractivity (Wildman–Crippen MR) is 78.1 cm³/mol. The Hall–Kier alpha value is -0.380. The van der Waals surface area contributed by atoms with Gasteiger partial charge in [0.2, 0.25) is 0 Å². The molecule has 0 bridgehead atoms. The summed E-state index contributed by atoms with van der Waals surface area (Å²) in [6.07, 6.45) is 0.989. The normalized spacial score (nSPS) is 14.9. The average molecular weight is 299 g/mol. The standard InChI is InChI=1S/C14H23BrN2/c1-4-13(16)14(17(5-2)6-3)11-9-7-8-10-12(11)15/h7-10,13-14H,4-6,16H2,1-3H3. The van der Waals surface area contributed by atoms with E-state index in [2.05, 4.69) is 59.8 Å². The quantitative estimate of drug-likeness (QED) is 0.870. The van der Waals surface area contributed by atoms with Crippen LogP contribution in [-0.2, 0) is 0 Å². The number of benzene rings is 1. The van der Waals surface area contributed by atoms with E-state index in [0.29, 0.717) is 6.04 Å². The monoisotopic (exact) mass is 298 g/mol. The summed E-state index contributed by atoms with van der Waals surface area (Å²) in [5.41, 5.74) is 7.60. The molecule has 0 amide bonds. The Balaban J connectivity index is 3.10. The molecular weight excluding hydrogens is 276 g/mol. The van der Waals surface area contributed by atoms with Gasteiger partial charge in [-0.1, -0.05) is 54.9 Å². The van der Waals surface area contributed by atoms with Gasteiger partial charge in [0.05, 0.1) is 6.04 Å². The zero-order chi connectivity index (χ0) is 12.8. The number of halogens is 1. The van der Waals surface area contributed by atoms with Crippen LogP contribution in [0, 0.1) is 0 Å². The molecule has 0 aliphatic heterocycles. The van der Waals surface area contributed by atoms with Crippen molar-refractivity contribution in [3.8, 4) is 0 Å². The minimum absolute atomic E-state index is 0.175. The first-order chi connectivity index (χ1) is 8.15. The fourth-order valence-corrected chi connectivity index (χ4v) is 2.77. The molecule has 1 aromatic carbocycles. The Morgan fingerprint density at radius 2 is 1.76 bits per heavy atom. The van der Waals surface area contributed by atoms with Crippen LogP contribution < -0.4 is 5.73 Å². The van der Waals surface area contributed by atoms with Gasteiger partial charge < -0.3 is 5.73 Å². The molecule has 0 heterocycles. The molecule has 96 valence electrons. The fourth-order valence-electron chi connectivity index (χ4n) is 2.25. The maximum absolute atomic E-state index is 6.31. The van der Waals surface area contributed by atoms with Crippen LogP contribution in [0.15, 0.2) is 28.7 Å². The first kappa shape index (κ1) is 14.7. The summed E-state index contributed by atoms with van der Waals surface area (Å²) in [4.78, 5) is 2.42. The lowest BCUT2D eigenvalue weighted by Gasteiger charge is -2.34. The van der Waals surface area contributed by atoms with Gasteiger partial charge in [0.25, 0.3) is 0 Å². The number of rotatable bonds is 6. The average Bonchev–Trinajstić information content (AvgIpc) is 2.36. The van der Waals surface area contributed by atoms with Crippen LogP contribution in [0.25, 0.3) is 0 Å². The largest absolute Gasteiger partial charge is 0.326 e. The highest BCUT2D eigenvalue weighted by atomic mass is 79.9. The third kappa shape index (κ3) is 3.54. The summed E-state index contributed by atoms with van der Waals surface area (Å²) < 4.78 is 1.15. The van der Waals surface area contributed by atoms with E-state index < -0.39 is 0 Å². The van der Waals surface area contributed by atoms with Crippen molar-refractivity contribution in [1.29, 1.82) is 0 Å². The molecule has 0 saturated heterocycles. The van der Waals surface area contributed by atoms with E-state index in [1.165, 1.54) is 5.56 Å². The third-order valence-electron chi connectivity index (χ3n) is 3.31. The summed E-state index contributed by atoms with van der Waals surface area (Å²) in [7, 11) is 0. The van der Waals surface area contributed by atoms with E-state index in [1.54, 1.807) is 0 Å². The Labute approximate surface area is 113 Å². The summed E-state index contributed by atoms with van der Waals surface area (Å²) >= 11 is 3.64. The molecule has 0 fully saturated rings. The topological polar surface area (TPSA) is 29.3 Å². The highest BCUT2D eigenvalue weighted by molar-refractivity contribution is 9.10. The van der Waals surface area contributed by atoms with Crippen LogP contribution in [0.1, 0.15) is 38.8 Å². The van der Waals surface area contributed by atoms with Crippen molar-refractivity contribution in [3.05, 3.63) is 34.3 Å². The van der Waals surface area contributed by atoms with Crippen molar-refractivity contribution in [2.45, 2.75) is 39.3 Å². The summed E-state index contributed by atoms with van der Waals surface area (Å²) in [5.74, 6) is 0. The van der Waals surface area contributed by atoms with Crippen LogP contribution in [0.4, 0.5) is 0 Å². The lowest BCUT2D eigenvalue weighted by molar-refractivity contribution is 0.186. The van der Waals surface area contributed by atoms with E-state index in [1.807, 2.05) is 6.07 Å². The van der Waals surface area contributed by atoms with Gasteiger partial charge in [-0.3, -0.25) is 4.90 Å². The van der Waals surface area contributed by atoms with Gasteiger partial charge in [0.1, 0.15) is 0 Å². The summed E-state index contributed by atoms with van der Waals surface area (Å²) in [6.45, 7) is 8.58. The van der Waals surface area contributed by atoms with Gasteiger partial charge in [-0.2, -0.15) is 0 Å². The molecule has 1 aromatic rings. The minimum Gasteiger partial charge on any atom is -0.326 e. The SMILES string of the molecule is CCC(N)C(c1ccccc1Br)N(CC)CC. The van der Waals surface area contributed by atoms with Crippen molar-refractivity contribution in [2.75, 3.05) is 13.1 Å². The Bertz CT molecular complexity index is 337. The molecule has 2 nitrogen and oxygen atoms in total. The second-order valence-electron chi connectivity index (χ2n) is 4.26. The number of nitrogens with zero attached hydrogens (tertiary/aromatic N) is 1. The second kappa shape index (κ2) is 7.14. The summed E-state index contributed by atoms with van der Waals surface area (Å²) in [5, 5.41) is 0. The third-order valence-corrected chi connectivity index (χ3v) is 4.03. The molecule has 0 radical (unpaired) electrons. The van der Waals surface area contributed by atoms with Gasteiger partial charge in [-0.15, -0.1) is 0 Å². The minimum atomic E-state index is 0.175. The van der Waals surface area contributed by atoms with Crippen LogP contribution in [-0.4, -0.2) is 24.0 Å². The van der Waals surface area contributed by atoms with E-state index in [4.69, 9.17) is 5.73 Å². The number of hydrogen-bond acceptors (Lipinski definition) is 2. The fraction of sp³-hybridized carbons (Fsp3) is 0.571. The van der Waals surface area contributed by atoms with Crippen molar-refractivity contribution >= 4 is 15.9 Å². The molecular formula is C14H23BrN2. The maximum Gasteiger partial charge on any atom is 0.0509 e. The highest BCUT2D eigenvalue weighted by Crippen LogP contribution is 2.30. The lowest BCUT2D eigenvalue weighted by atomic mass is 9.96. The van der Waals surface area contributed by atoms with Gasteiger partial charge in [-0.25, -0.2) is 0 Å². The van der Waals surface area contributed by atoms with Crippen LogP contribution in [0.2, 0.25) is 0 Å². The van der Waals surface area contributed by atoms with Gasteiger partial charge >= 0.3 is 0 Å². The molecule has 3 heteroatoms. The molecule has 2 N–H and O–H groups in total. The van der Waals surface area contributed by atoms with E-state index in [9.17, 15) is 0 Å². The Morgan fingerprint density at radius 1 is 1.18 bits per heavy atom. The molecule has 1 rings (SSSR count). The first-order valence-electron chi connectivity index (χ1n) is 6.39. The van der Waals surface area contributed by atoms with Crippen molar-refractivity contribution in [2.24, 2.45) is 5.73 Å². The van der Waals surface area contributed by atoms with Crippen LogP contribution >= 0.6 is 15.9 Å². The first-order valence-corrected chi connectivity index (χ1v) is 7.18. The maximum atomic E-state index is 6.31. The Morgan fingerprint density at radius 3 is 2.24 bits per heavy atom. The zero-order valence-corrected chi connectivity index (χ0v) is 12.6. The predicted octanol–water partition coefficient (Wildman–Crippen LogP) is 3.57. The molecule has 17 heavy (non-hydrogen) atoms. The van der Waals surface area contributed by atoms with E-state index in [-0.39, 0.29) is 6.04 Å². The Kier molecular flexibility index (Phi) is 6.17. The molecule has 0 spiro atoms.